The van der Waals surface area contributed by atoms with Crippen LogP contribution in [0.4, 0.5) is 0 Å². The van der Waals surface area contributed by atoms with E-state index in [1.807, 2.05) is 5.38 Å². The summed E-state index contributed by atoms with van der Waals surface area (Å²) in [7, 11) is 1.51. The van der Waals surface area contributed by atoms with Crippen LogP contribution in [0, 0.1) is 0 Å². The molecule has 1 N–H and O–H groups in total. The minimum atomic E-state index is -3.66. The molecule has 0 aromatic carbocycles. The van der Waals surface area contributed by atoms with Crippen LogP contribution >= 0.6 is 22.0 Å². The van der Waals surface area contributed by atoms with Crippen LogP contribution in [-0.2, 0) is 9.05 Å². The molecule has 2 aromatic heterocycles. The Kier molecular flexibility index (Phi) is 2.34. The Labute approximate surface area is 89.0 Å². The Bertz CT molecular complexity index is 530. The van der Waals surface area contributed by atoms with Gasteiger partial charge in [-0.05, 0) is 6.07 Å². The summed E-state index contributed by atoms with van der Waals surface area (Å²) in [6.45, 7) is 0. The number of thiazole rings is 1. The summed E-state index contributed by atoms with van der Waals surface area (Å²) in [5, 5.41) is 1.82. The molecule has 0 aliphatic rings. The Balaban J connectivity index is 2.46. The van der Waals surface area contributed by atoms with E-state index in [4.69, 9.17) is 10.7 Å². The van der Waals surface area contributed by atoms with E-state index in [9.17, 15) is 8.42 Å². The molecule has 14 heavy (non-hydrogen) atoms. The predicted octanol–water partition coefficient (Wildman–Crippen LogP) is 2.07. The molecule has 0 fully saturated rings. The van der Waals surface area contributed by atoms with Crippen molar-refractivity contribution in [1.29, 1.82) is 0 Å². The summed E-state index contributed by atoms with van der Waals surface area (Å²) >= 11 is 1.44. The highest BCUT2D eigenvalue weighted by molar-refractivity contribution is 8.13. The van der Waals surface area contributed by atoms with Crippen molar-refractivity contribution in [2.75, 3.05) is 0 Å². The van der Waals surface area contributed by atoms with Crippen molar-refractivity contribution in [1.82, 2.24) is 9.97 Å². The molecule has 4 nitrogen and oxygen atoms in total. The Morgan fingerprint density at radius 1 is 1.50 bits per heavy atom. The largest absolute Gasteiger partial charge is 0.359 e. The first-order valence-corrected chi connectivity index (χ1v) is 6.84. The van der Waals surface area contributed by atoms with Gasteiger partial charge >= 0.3 is 0 Å². The number of hydrogen-bond donors (Lipinski definition) is 1. The van der Waals surface area contributed by atoms with Gasteiger partial charge in [-0.2, -0.15) is 0 Å². The molecule has 0 spiro atoms. The molecule has 0 amide bonds. The first kappa shape index (κ1) is 9.70. The molecule has 0 unspecified atom stereocenters. The molecular formula is C7H5ClN2O2S2. The fourth-order valence-electron chi connectivity index (χ4n) is 1.01. The van der Waals surface area contributed by atoms with Gasteiger partial charge in [-0.15, -0.1) is 11.3 Å². The number of H-pyrrole nitrogens is 1. The average Bonchev–Trinajstić information content (AvgIpc) is 2.73. The maximum Gasteiger partial charge on any atom is 0.262 e. The smallest absolute Gasteiger partial charge is 0.262 e. The second-order valence-corrected chi connectivity index (χ2v) is 5.85. The van der Waals surface area contributed by atoms with Gasteiger partial charge in [-0.25, -0.2) is 13.4 Å². The van der Waals surface area contributed by atoms with Crippen molar-refractivity contribution in [3.8, 4) is 11.4 Å². The van der Waals surface area contributed by atoms with E-state index in [0.29, 0.717) is 11.4 Å². The number of aromatic amines is 1. The van der Waals surface area contributed by atoms with Crippen LogP contribution in [0.5, 0.6) is 0 Å². The van der Waals surface area contributed by atoms with Crippen molar-refractivity contribution < 1.29 is 8.42 Å². The zero-order valence-electron chi connectivity index (χ0n) is 6.77. The van der Waals surface area contributed by atoms with Gasteiger partial charge in [0.1, 0.15) is 4.90 Å². The Morgan fingerprint density at radius 3 is 2.79 bits per heavy atom. The number of aromatic nitrogens is 2. The van der Waals surface area contributed by atoms with Gasteiger partial charge in [0.25, 0.3) is 9.05 Å². The van der Waals surface area contributed by atoms with Crippen LogP contribution in [0.25, 0.3) is 11.4 Å². The second-order valence-electron chi connectivity index (χ2n) is 2.56. The molecule has 2 aromatic rings. The third kappa shape index (κ3) is 1.82. The zero-order valence-corrected chi connectivity index (χ0v) is 9.16. The van der Waals surface area contributed by atoms with Crippen LogP contribution in [0.2, 0.25) is 0 Å². The van der Waals surface area contributed by atoms with E-state index >= 15 is 0 Å². The number of nitrogens with one attached hydrogen (secondary N) is 1. The first-order chi connectivity index (χ1) is 6.57. The molecule has 0 atom stereocenters. The van der Waals surface area contributed by atoms with Crippen LogP contribution in [-0.4, -0.2) is 18.4 Å². The van der Waals surface area contributed by atoms with Gasteiger partial charge in [-0.1, -0.05) is 0 Å². The van der Waals surface area contributed by atoms with E-state index in [0.717, 1.165) is 0 Å². The molecule has 2 rings (SSSR count). The van der Waals surface area contributed by atoms with Crippen LogP contribution in [0.15, 0.2) is 28.0 Å². The van der Waals surface area contributed by atoms with Crippen molar-refractivity contribution >= 4 is 31.1 Å². The van der Waals surface area contributed by atoms with Crippen molar-refractivity contribution in [2.45, 2.75) is 4.90 Å². The molecule has 0 saturated carbocycles. The van der Waals surface area contributed by atoms with Gasteiger partial charge in [0.05, 0.1) is 16.9 Å². The fourth-order valence-corrected chi connectivity index (χ4v) is 2.29. The molecule has 0 aliphatic carbocycles. The Morgan fingerprint density at radius 2 is 2.29 bits per heavy atom. The van der Waals surface area contributed by atoms with Gasteiger partial charge < -0.3 is 4.98 Å². The van der Waals surface area contributed by atoms with E-state index in [-0.39, 0.29) is 4.90 Å². The molecule has 2 heterocycles. The van der Waals surface area contributed by atoms with Crippen LogP contribution < -0.4 is 0 Å². The van der Waals surface area contributed by atoms with Crippen molar-refractivity contribution in [3.63, 3.8) is 0 Å². The van der Waals surface area contributed by atoms with Crippen molar-refractivity contribution in [3.05, 3.63) is 23.2 Å². The highest BCUT2D eigenvalue weighted by Gasteiger charge is 2.13. The molecular weight excluding hydrogens is 244 g/mol. The summed E-state index contributed by atoms with van der Waals surface area (Å²) < 4.78 is 21.9. The normalized spacial score (nSPS) is 11.8. The molecule has 74 valence electrons. The van der Waals surface area contributed by atoms with Crippen LogP contribution in [0.1, 0.15) is 0 Å². The van der Waals surface area contributed by atoms with Gasteiger partial charge in [0.15, 0.2) is 0 Å². The van der Waals surface area contributed by atoms with Crippen molar-refractivity contribution in [2.24, 2.45) is 0 Å². The van der Waals surface area contributed by atoms with Gasteiger partial charge in [0.2, 0.25) is 0 Å². The van der Waals surface area contributed by atoms with E-state index in [2.05, 4.69) is 9.97 Å². The number of rotatable bonds is 2. The SMILES string of the molecule is O=S(=O)(Cl)c1c[nH]c(-c2cscn2)c1. The van der Waals surface area contributed by atoms with E-state index in [1.54, 1.807) is 5.51 Å². The lowest BCUT2D eigenvalue weighted by Gasteiger charge is -1.87. The standard InChI is InChI=1S/C7H5ClN2O2S2/c8-14(11,12)5-1-6(9-2-5)7-3-13-4-10-7/h1-4,9H. The molecule has 0 bridgehead atoms. The second kappa shape index (κ2) is 3.38. The number of halogens is 1. The van der Waals surface area contributed by atoms with Gasteiger partial charge in [0, 0.05) is 22.3 Å². The maximum atomic E-state index is 10.9. The highest BCUT2D eigenvalue weighted by Crippen LogP contribution is 2.22. The summed E-state index contributed by atoms with van der Waals surface area (Å²) in [5.74, 6) is 0. The lowest BCUT2D eigenvalue weighted by atomic mass is 10.3. The van der Waals surface area contributed by atoms with Gasteiger partial charge in [-0.3, -0.25) is 0 Å². The zero-order chi connectivity index (χ0) is 10.2. The average molecular weight is 249 g/mol. The maximum absolute atomic E-state index is 10.9. The number of nitrogens with zero attached hydrogens (tertiary/aromatic N) is 1. The first-order valence-electron chi connectivity index (χ1n) is 3.59. The van der Waals surface area contributed by atoms with E-state index < -0.39 is 9.05 Å². The topological polar surface area (TPSA) is 62.8 Å². The minimum absolute atomic E-state index is 0.0576. The monoisotopic (exact) mass is 248 g/mol. The van der Waals surface area contributed by atoms with Crippen LogP contribution in [0.3, 0.4) is 0 Å². The quantitative estimate of drug-likeness (QED) is 0.828. The fraction of sp³-hybridized carbons (Fsp3) is 0. The summed E-state index contributed by atoms with van der Waals surface area (Å²) in [6, 6.07) is 1.46. The minimum Gasteiger partial charge on any atom is -0.359 e. The molecule has 0 aliphatic heterocycles. The summed E-state index contributed by atoms with van der Waals surface area (Å²) in [4.78, 5) is 6.88. The lowest BCUT2D eigenvalue weighted by Crippen LogP contribution is -1.85. The third-order valence-electron chi connectivity index (χ3n) is 1.65. The van der Waals surface area contributed by atoms with E-state index in [1.165, 1.54) is 23.6 Å². The third-order valence-corrected chi connectivity index (χ3v) is 3.57. The molecule has 0 radical (unpaired) electrons. The highest BCUT2D eigenvalue weighted by atomic mass is 35.7. The predicted molar refractivity (Wildman–Crippen MR) is 54.9 cm³/mol. The molecule has 0 saturated heterocycles. The molecule has 7 heteroatoms. The summed E-state index contributed by atoms with van der Waals surface area (Å²) in [5.41, 5.74) is 3.03. The Hall–Kier alpha value is -0.850. The lowest BCUT2D eigenvalue weighted by molar-refractivity contribution is 0.609. The summed E-state index contributed by atoms with van der Waals surface area (Å²) in [6.07, 6.45) is 1.34. The number of hydrogen-bond acceptors (Lipinski definition) is 4.